The van der Waals surface area contributed by atoms with Crippen molar-refractivity contribution >= 4 is 16.9 Å². The van der Waals surface area contributed by atoms with Gasteiger partial charge in [-0.1, -0.05) is 48.0 Å². The SMILES string of the molecule is Cc1cccc(-c2cc(C(F)(F)F)ccc2CNC(=O)C(C)c2ccc(CNS(C)=O)c(F)c2)c1. The van der Waals surface area contributed by atoms with Gasteiger partial charge in [-0.15, -0.1) is 0 Å². The van der Waals surface area contributed by atoms with Crippen LogP contribution in [-0.4, -0.2) is 16.4 Å². The fourth-order valence-electron chi connectivity index (χ4n) is 3.63. The first-order valence-electron chi connectivity index (χ1n) is 10.9. The molecule has 0 saturated heterocycles. The van der Waals surface area contributed by atoms with Gasteiger partial charge in [-0.05, 0) is 54.3 Å². The minimum atomic E-state index is -4.49. The van der Waals surface area contributed by atoms with Gasteiger partial charge < -0.3 is 5.32 Å². The van der Waals surface area contributed by atoms with Crippen molar-refractivity contribution < 1.29 is 26.6 Å². The zero-order valence-corrected chi connectivity index (χ0v) is 20.3. The van der Waals surface area contributed by atoms with Crippen molar-refractivity contribution in [2.24, 2.45) is 0 Å². The first-order chi connectivity index (χ1) is 16.5. The summed E-state index contributed by atoms with van der Waals surface area (Å²) in [6.45, 7) is 3.57. The number of alkyl halides is 3. The summed E-state index contributed by atoms with van der Waals surface area (Å²) in [7, 11) is -1.28. The quantitative estimate of drug-likeness (QED) is 0.390. The van der Waals surface area contributed by atoms with Crippen LogP contribution >= 0.6 is 0 Å². The Bertz CT molecular complexity index is 1240. The van der Waals surface area contributed by atoms with Crippen LogP contribution in [0.25, 0.3) is 11.1 Å². The van der Waals surface area contributed by atoms with Crippen LogP contribution in [0.3, 0.4) is 0 Å². The maximum Gasteiger partial charge on any atom is 0.416 e. The van der Waals surface area contributed by atoms with Crippen molar-refractivity contribution in [1.82, 2.24) is 10.0 Å². The molecule has 0 fully saturated rings. The Morgan fingerprint density at radius 3 is 2.34 bits per heavy atom. The Morgan fingerprint density at radius 1 is 1.00 bits per heavy atom. The number of hydrogen-bond acceptors (Lipinski definition) is 2. The second-order valence-electron chi connectivity index (χ2n) is 8.30. The average Bonchev–Trinajstić information content (AvgIpc) is 2.80. The number of nitrogens with one attached hydrogen (secondary N) is 2. The fraction of sp³-hybridized carbons (Fsp3) is 0.269. The molecular formula is C26H26F4N2O2S. The first-order valence-corrected chi connectivity index (χ1v) is 12.4. The standard InChI is InChI=1S/C26H26F4N2O2S/c1-16-5-4-6-19(11-16)23-13-22(26(28,29)30)10-9-20(23)14-31-25(33)17(2)18-7-8-21(24(27)12-18)15-32-35(3)34/h4-13,17,32H,14-15H2,1-3H3,(H,31,33). The molecule has 3 rings (SSSR count). The molecule has 0 spiro atoms. The highest BCUT2D eigenvalue weighted by Gasteiger charge is 2.31. The lowest BCUT2D eigenvalue weighted by molar-refractivity contribution is -0.137. The molecule has 186 valence electrons. The second-order valence-corrected chi connectivity index (χ2v) is 9.50. The minimum absolute atomic E-state index is 0.0113. The zero-order valence-electron chi connectivity index (χ0n) is 19.5. The lowest BCUT2D eigenvalue weighted by atomic mass is 9.95. The van der Waals surface area contributed by atoms with Crippen molar-refractivity contribution in [2.75, 3.05) is 6.26 Å². The number of carbonyl (C=O) groups excluding carboxylic acids is 1. The van der Waals surface area contributed by atoms with E-state index in [1.165, 1.54) is 24.5 Å². The van der Waals surface area contributed by atoms with Crippen LogP contribution in [0.1, 0.15) is 40.7 Å². The maximum atomic E-state index is 14.4. The van der Waals surface area contributed by atoms with Crippen molar-refractivity contribution in [2.45, 2.75) is 39.0 Å². The molecule has 0 saturated carbocycles. The average molecular weight is 507 g/mol. The minimum Gasteiger partial charge on any atom is -0.351 e. The lowest BCUT2D eigenvalue weighted by Gasteiger charge is -2.17. The number of carbonyl (C=O) groups is 1. The highest BCUT2D eigenvalue weighted by atomic mass is 32.2. The predicted octanol–water partition coefficient (Wildman–Crippen LogP) is 5.62. The molecule has 0 aliphatic carbocycles. The Balaban J connectivity index is 1.79. The molecule has 0 aliphatic rings. The summed E-state index contributed by atoms with van der Waals surface area (Å²) in [4.78, 5) is 12.8. The third-order valence-corrected chi connectivity index (χ3v) is 6.21. The Hall–Kier alpha value is -3.04. The maximum absolute atomic E-state index is 14.4. The van der Waals surface area contributed by atoms with Crippen molar-refractivity contribution in [3.05, 3.63) is 94.3 Å². The van der Waals surface area contributed by atoms with Crippen molar-refractivity contribution in [3.8, 4) is 11.1 Å². The van der Waals surface area contributed by atoms with E-state index >= 15 is 0 Å². The van der Waals surface area contributed by atoms with Crippen LogP contribution in [0.15, 0.2) is 60.7 Å². The van der Waals surface area contributed by atoms with Crippen LogP contribution in [0.4, 0.5) is 17.6 Å². The second kappa shape index (κ2) is 11.1. The topological polar surface area (TPSA) is 58.2 Å². The van der Waals surface area contributed by atoms with Gasteiger partial charge in [0.2, 0.25) is 5.91 Å². The molecule has 0 radical (unpaired) electrons. The largest absolute Gasteiger partial charge is 0.416 e. The summed E-state index contributed by atoms with van der Waals surface area (Å²) >= 11 is 0. The lowest BCUT2D eigenvalue weighted by Crippen LogP contribution is -2.28. The Labute approximate surface area is 204 Å². The smallest absolute Gasteiger partial charge is 0.351 e. The molecule has 35 heavy (non-hydrogen) atoms. The molecule has 9 heteroatoms. The van der Waals surface area contributed by atoms with Gasteiger partial charge in [0.1, 0.15) is 5.82 Å². The van der Waals surface area contributed by atoms with Gasteiger partial charge in [0, 0.05) is 24.9 Å². The summed E-state index contributed by atoms with van der Waals surface area (Å²) in [5.41, 5.74) is 2.44. The molecular weight excluding hydrogens is 480 g/mol. The van der Waals surface area contributed by atoms with E-state index in [0.717, 1.165) is 17.7 Å². The van der Waals surface area contributed by atoms with Crippen LogP contribution < -0.4 is 10.0 Å². The number of halogens is 4. The Kier molecular flexibility index (Phi) is 8.45. The number of rotatable bonds is 8. The summed E-state index contributed by atoms with van der Waals surface area (Å²) < 4.78 is 68.2. The number of amides is 1. The highest BCUT2D eigenvalue weighted by Crippen LogP contribution is 2.34. The number of hydrogen-bond donors (Lipinski definition) is 2. The molecule has 2 N–H and O–H groups in total. The van der Waals surface area contributed by atoms with E-state index in [2.05, 4.69) is 10.0 Å². The van der Waals surface area contributed by atoms with E-state index in [1.807, 2.05) is 13.0 Å². The molecule has 2 atom stereocenters. The Morgan fingerprint density at radius 2 is 1.71 bits per heavy atom. The summed E-state index contributed by atoms with van der Waals surface area (Å²) in [5, 5.41) is 2.76. The first kappa shape index (κ1) is 26.6. The van der Waals surface area contributed by atoms with E-state index in [9.17, 15) is 26.6 Å². The van der Waals surface area contributed by atoms with Gasteiger partial charge in [0.15, 0.2) is 0 Å². The number of benzene rings is 3. The third kappa shape index (κ3) is 6.99. The van der Waals surface area contributed by atoms with Gasteiger partial charge in [-0.2, -0.15) is 13.2 Å². The van der Waals surface area contributed by atoms with Crippen LogP contribution in [0.2, 0.25) is 0 Å². The van der Waals surface area contributed by atoms with Crippen LogP contribution in [-0.2, 0) is 35.0 Å². The van der Waals surface area contributed by atoms with Crippen molar-refractivity contribution in [3.63, 3.8) is 0 Å². The summed E-state index contributed by atoms with van der Waals surface area (Å²) in [6.07, 6.45) is -3.05. The number of aryl methyl sites for hydroxylation is 1. The third-order valence-electron chi connectivity index (χ3n) is 5.66. The van der Waals surface area contributed by atoms with Gasteiger partial charge in [-0.3, -0.25) is 4.79 Å². The normalized spacial score (nSPS) is 13.3. The summed E-state index contributed by atoms with van der Waals surface area (Å²) in [5.74, 6) is -1.60. The molecule has 0 aliphatic heterocycles. The van der Waals surface area contributed by atoms with E-state index in [1.54, 1.807) is 31.2 Å². The fourth-order valence-corrected chi connectivity index (χ4v) is 3.99. The summed E-state index contributed by atoms with van der Waals surface area (Å²) in [6, 6.07) is 15.0. The zero-order chi connectivity index (χ0) is 25.8. The van der Waals surface area contributed by atoms with E-state index in [-0.39, 0.29) is 19.0 Å². The monoisotopic (exact) mass is 506 g/mol. The molecule has 2 unspecified atom stereocenters. The highest BCUT2D eigenvalue weighted by molar-refractivity contribution is 7.82. The molecule has 4 nitrogen and oxygen atoms in total. The molecule has 1 amide bonds. The molecule has 0 bridgehead atoms. The molecule has 3 aromatic carbocycles. The van der Waals surface area contributed by atoms with E-state index in [4.69, 9.17) is 0 Å². The van der Waals surface area contributed by atoms with Crippen molar-refractivity contribution in [1.29, 1.82) is 0 Å². The van der Waals surface area contributed by atoms with E-state index in [0.29, 0.717) is 27.8 Å². The van der Waals surface area contributed by atoms with E-state index < -0.39 is 34.5 Å². The van der Waals surface area contributed by atoms with Gasteiger partial charge in [0.25, 0.3) is 0 Å². The van der Waals surface area contributed by atoms with Crippen LogP contribution in [0, 0.1) is 12.7 Å². The molecule has 3 aromatic rings. The molecule has 0 heterocycles. The van der Waals surface area contributed by atoms with Gasteiger partial charge >= 0.3 is 6.18 Å². The molecule has 0 aromatic heterocycles. The predicted molar refractivity (Wildman–Crippen MR) is 129 cm³/mol. The van der Waals surface area contributed by atoms with Crippen LogP contribution in [0.5, 0.6) is 0 Å². The van der Waals surface area contributed by atoms with Gasteiger partial charge in [-0.25, -0.2) is 13.3 Å². The van der Waals surface area contributed by atoms with Gasteiger partial charge in [0.05, 0.1) is 22.5 Å².